The lowest BCUT2D eigenvalue weighted by molar-refractivity contribution is -0.384. The predicted molar refractivity (Wildman–Crippen MR) is 88.7 cm³/mol. The zero-order valence-electron chi connectivity index (χ0n) is 13.2. The molecule has 0 aliphatic rings. The zero-order valence-corrected chi connectivity index (χ0v) is 13.2. The number of benzene rings is 2. The van der Waals surface area contributed by atoms with Crippen molar-refractivity contribution in [1.82, 2.24) is 0 Å². The van der Waals surface area contributed by atoms with E-state index in [-0.39, 0.29) is 35.0 Å². The van der Waals surface area contributed by atoms with Gasteiger partial charge in [-0.2, -0.15) is 0 Å². The Kier molecular flexibility index (Phi) is 5.51. The first kappa shape index (κ1) is 17.7. The van der Waals surface area contributed by atoms with E-state index in [1.807, 2.05) is 0 Å². The molecule has 2 rings (SSSR count). The molecule has 0 heterocycles. The van der Waals surface area contributed by atoms with Crippen LogP contribution in [0.15, 0.2) is 42.5 Å². The third kappa shape index (κ3) is 4.67. The van der Waals surface area contributed by atoms with Gasteiger partial charge >= 0.3 is 0 Å². The summed E-state index contributed by atoms with van der Waals surface area (Å²) in [4.78, 5) is 33.4. The Morgan fingerprint density at radius 1 is 1.24 bits per heavy atom. The third-order valence-corrected chi connectivity index (χ3v) is 3.16. The molecule has 0 saturated heterocycles. The predicted octanol–water partition coefficient (Wildman–Crippen LogP) is 1.72. The molecule has 130 valence electrons. The Morgan fingerprint density at radius 3 is 2.64 bits per heavy atom. The number of anilines is 1. The zero-order chi connectivity index (χ0) is 18.4. The van der Waals surface area contributed by atoms with Gasteiger partial charge in [-0.05, 0) is 24.3 Å². The topological polar surface area (TPSA) is 134 Å². The summed E-state index contributed by atoms with van der Waals surface area (Å²) in [6.45, 7) is -0.367. The van der Waals surface area contributed by atoms with E-state index in [9.17, 15) is 19.7 Å². The molecule has 0 atom stereocenters. The van der Waals surface area contributed by atoms with Gasteiger partial charge in [0.25, 0.3) is 11.6 Å². The summed E-state index contributed by atoms with van der Waals surface area (Å²) in [5.74, 6) is -0.605. The second-order valence-electron chi connectivity index (χ2n) is 4.87. The maximum atomic E-state index is 12.0. The fraction of sp³-hybridized carbons (Fsp3) is 0.125. The number of methoxy groups -OCH3 is 1. The average molecular weight is 345 g/mol. The van der Waals surface area contributed by atoms with Crippen LogP contribution in [-0.2, 0) is 4.79 Å². The van der Waals surface area contributed by atoms with Crippen molar-refractivity contribution in [1.29, 1.82) is 0 Å². The van der Waals surface area contributed by atoms with Gasteiger partial charge < -0.3 is 20.5 Å². The molecule has 2 aromatic rings. The number of non-ortho nitro benzene ring substituents is 1. The molecular weight excluding hydrogens is 330 g/mol. The lowest BCUT2D eigenvalue weighted by Gasteiger charge is -2.11. The van der Waals surface area contributed by atoms with Gasteiger partial charge in [-0.3, -0.25) is 19.7 Å². The number of carbonyl (C=O) groups excluding carboxylic acids is 2. The molecule has 0 unspecified atom stereocenters. The molecular formula is C16H15N3O6. The van der Waals surface area contributed by atoms with E-state index in [1.54, 1.807) is 12.1 Å². The smallest absolute Gasteiger partial charge is 0.271 e. The van der Waals surface area contributed by atoms with E-state index in [2.05, 4.69) is 5.32 Å². The normalized spacial score (nSPS) is 9.96. The van der Waals surface area contributed by atoms with E-state index >= 15 is 0 Å². The number of nitrogens with zero attached hydrogens (tertiary/aromatic N) is 1. The van der Waals surface area contributed by atoms with Crippen molar-refractivity contribution in [3.05, 3.63) is 58.1 Å². The first-order valence-corrected chi connectivity index (χ1v) is 7.05. The van der Waals surface area contributed by atoms with Crippen LogP contribution < -0.4 is 20.5 Å². The number of hydrogen-bond acceptors (Lipinski definition) is 6. The monoisotopic (exact) mass is 345 g/mol. The lowest BCUT2D eigenvalue weighted by atomic mass is 10.2. The highest BCUT2D eigenvalue weighted by Gasteiger charge is 2.14. The van der Waals surface area contributed by atoms with Gasteiger partial charge in [-0.1, -0.05) is 6.07 Å². The van der Waals surface area contributed by atoms with Crippen molar-refractivity contribution in [3.63, 3.8) is 0 Å². The Labute approximate surface area is 142 Å². The highest BCUT2D eigenvalue weighted by Crippen LogP contribution is 2.28. The molecule has 2 amide bonds. The average Bonchev–Trinajstić information content (AvgIpc) is 2.60. The quantitative estimate of drug-likeness (QED) is 0.579. The van der Waals surface area contributed by atoms with Crippen LogP contribution in [0.1, 0.15) is 10.4 Å². The van der Waals surface area contributed by atoms with Crippen molar-refractivity contribution in [2.75, 3.05) is 19.0 Å². The fourth-order valence-electron chi connectivity index (χ4n) is 1.98. The van der Waals surface area contributed by atoms with Gasteiger partial charge in [0.1, 0.15) is 11.5 Å². The fourth-order valence-corrected chi connectivity index (χ4v) is 1.98. The number of nitro groups is 1. The molecule has 3 N–H and O–H groups in total. The van der Waals surface area contributed by atoms with Crippen LogP contribution in [0.4, 0.5) is 11.4 Å². The first-order chi connectivity index (χ1) is 11.9. The molecule has 0 radical (unpaired) electrons. The van der Waals surface area contributed by atoms with Crippen LogP contribution in [-0.4, -0.2) is 30.5 Å². The lowest BCUT2D eigenvalue weighted by Crippen LogP contribution is -2.20. The molecule has 0 fully saturated rings. The number of nitrogens with one attached hydrogen (secondary N) is 1. The minimum atomic E-state index is -0.615. The number of hydrogen-bond donors (Lipinski definition) is 2. The van der Waals surface area contributed by atoms with Gasteiger partial charge in [0.2, 0.25) is 5.91 Å². The molecule has 25 heavy (non-hydrogen) atoms. The Hall–Kier alpha value is -3.62. The summed E-state index contributed by atoms with van der Waals surface area (Å²) in [6.07, 6.45) is 0. The maximum absolute atomic E-state index is 12.0. The molecule has 0 aromatic heterocycles. The highest BCUT2D eigenvalue weighted by molar-refractivity contribution is 5.94. The Balaban J connectivity index is 2.05. The van der Waals surface area contributed by atoms with Gasteiger partial charge in [-0.25, -0.2) is 0 Å². The van der Waals surface area contributed by atoms with Gasteiger partial charge in [-0.15, -0.1) is 0 Å². The van der Waals surface area contributed by atoms with Crippen LogP contribution in [0.3, 0.4) is 0 Å². The molecule has 0 saturated carbocycles. The van der Waals surface area contributed by atoms with Crippen LogP contribution >= 0.6 is 0 Å². The number of amides is 2. The van der Waals surface area contributed by atoms with Crippen molar-refractivity contribution >= 4 is 23.2 Å². The minimum Gasteiger partial charge on any atom is -0.495 e. The van der Waals surface area contributed by atoms with E-state index in [0.717, 1.165) is 0 Å². The number of carbonyl (C=O) groups is 2. The largest absolute Gasteiger partial charge is 0.495 e. The van der Waals surface area contributed by atoms with Crippen LogP contribution in [0, 0.1) is 10.1 Å². The Bertz CT molecular complexity index is 821. The summed E-state index contributed by atoms with van der Waals surface area (Å²) in [5.41, 5.74) is 5.38. The van der Waals surface area contributed by atoms with Gasteiger partial charge in [0.05, 0.1) is 17.7 Å². The first-order valence-electron chi connectivity index (χ1n) is 7.05. The van der Waals surface area contributed by atoms with Gasteiger partial charge in [0, 0.05) is 17.7 Å². The van der Waals surface area contributed by atoms with Crippen LogP contribution in [0.5, 0.6) is 11.5 Å². The van der Waals surface area contributed by atoms with E-state index in [1.165, 1.54) is 37.4 Å². The molecule has 0 aliphatic carbocycles. The third-order valence-electron chi connectivity index (χ3n) is 3.16. The van der Waals surface area contributed by atoms with E-state index in [0.29, 0.717) is 0 Å². The summed E-state index contributed by atoms with van der Waals surface area (Å²) >= 11 is 0. The van der Waals surface area contributed by atoms with Crippen molar-refractivity contribution in [3.8, 4) is 11.5 Å². The van der Waals surface area contributed by atoms with Crippen molar-refractivity contribution in [2.45, 2.75) is 0 Å². The Morgan fingerprint density at radius 2 is 2.00 bits per heavy atom. The van der Waals surface area contributed by atoms with Crippen molar-refractivity contribution in [2.24, 2.45) is 5.73 Å². The maximum Gasteiger partial charge on any atom is 0.271 e. The molecule has 0 spiro atoms. The molecule has 0 bridgehead atoms. The SMILES string of the molecule is COc1ccc([N+](=O)[O-])cc1NC(=O)COc1cccc(C(N)=O)c1. The molecule has 9 nitrogen and oxygen atoms in total. The van der Waals surface area contributed by atoms with Gasteiger partial charge in [0.15, 0.2) is 6.61 Å². The molecule has 0 aliphatic heterocycles. The minimum absolute atomic E-state index is 0.149. The van der Waals surface area contributed by atoms with E-state index in [4.69, 9.17) is 15.2 Å². The summed E-state index contributed by atoms with van der Waals surface area (Å²) in [5, 5.41) is 13.3. The van der Waals surface area contributed by atoms with Crippen LogP contribution in [0.25, 0.3) is 0 Å². The second kappa shape index (κ2) is 7.77. The summed E-state index contributed by atoms with van der Waals surface area (Å²) < 4.78 is 10.3. The summed E-state index contributed by atoms with van der Waals surface area (Å²) in [7, 11) is 1.38. The number of rotatable bonds is 7. The second-order valence-corrected chi connectivity index (χ2v) is 4.87. The molecule has 2 aromatic carbocycles. The molecule has 9 heteroatoms. The summed E-state index contributed by atoms with van der Waals surface area (Å²) in [6, 6.07) is 9.88. The number of nitrogens with two attached hydrogens (primary N) is 1. The number of primary amides is 1. The van der Waals surface area contributed by atoms with Crippen LogP contribution in [0.2, 0.25) is 0 Å². The highest BCUT2D eigenvalue weighted by atomic mass is 16.6. The number of nitro benzene ring substituents is 1. The number of ether oxygens (including phenoxy) is 2. The van der Waals surface area contributed by atoms with E-state index < -0.39 is 16.7 Å². The standard InChI is InChI=1S/C16H15N3O6/c1-24-14-6-5-11(19(22)23)8-13(14)18-15(20)9-25-12-4-2-3-10(7-12)16(17)21/h2-8H,9H2,1H3,(H2,17,21)(H,18,20). The van der Waals surface area contributed by atoms with Crippen molar-refractivity contribution < 1.29 is 24.0 Å².